The normalized spacial score (nSPS) is 19.7. The maximum Gasteiger partial charge on any atom is 0.326 e. The van der Waals surface area contributed by atoms with Crippen LogP contribution >= 0.6 is 0 Å². The molecule has 1 rings (SSSR count). The Balaban J connectivity index is 2.89. The van der Waals surface area contributed by atoms with Crippen LogP contribution in [-0.4, -0.2) is 76.9 Å². The Hall–Kier alpha value is -2.89. The number of rotatable bonds is 14. The van der Waals surface area contributed by atoms with Crippen molar-refractivity contribution in [1.82, 2.24) is 15.5 Å². The van der Waals surface area contributed by atoms with Gasteiger partial charge in [-0.25, -0.2) is 4.79 Å². The van der Waals surface area contributed by atoms with E-state index >= 15 is 0 Å². The average Bonchev–Trinajstić information content (AvgIpc) is 3.31. The molecule has 0 radical (unpaired) electrons. The van der Waals surface area contributed by atoms with Crippen molar-refractivity contribution in [2.45, 2.75) is 90.4 Å². The Labute approximate surface area is 207 Å². The topological polar surface area (TPSA) is 206 Å². The number of nitrogens with two attached hydrogens (primary N) is 3. The summed E-state index contributed by atoms with van der Waals surface area (Å²) in [5.74, 6) is -3.00. The van der Waals surface area contributed by atoms with E-state index in [0.717, 1.165) is 0 Å². The van der Waals surface area contributed by atoms with E-state index in [-0.39, 0.29) is 23.7 Å². The molecule has 0 bridgehead atoms. The Bertz CT molecular complexity index is 771. The smallest absolute Gasteiger partial charge is 0.326 e. The Morgan fingerprint density at radius 2 is 1.66 bits per heavy atom. The van der Waals surface area contributed by atoms with E-state index < -0.39 is 42.0 Å². The molecule has 0 aromatic heterocycles. The van der Waals surface area contributed by atoms with Gasteiger partial charge in [0.2, 0.25) is 17.7 Å². The van der Waals surface area contributed by atoms with Gasteiger partial charge in [0.1, 0.15) is 18.1 Å². The van der Waals surface area contributed by atoms with Crippen molar-refractivity contribution >= 4 is 29.7 Å². The first-order chi connectivity index (χ1) is 16.4. The van der Waals surface area contributed by atoms with Gasteiger partial charge in [-0.3, -0.25) is 19.4 Å². The highest BCUT2D eigenvalue weighted by atomic mass is 16.4. The van der Waals surface area contributed by atoms with Gasteiger partial charge in [0.15, 0.2) is 5.96 Å². The van der Waals surface area contributed by atoms with E-state index in [1.807, 2.05) is 20.8 Å². The molecule has 0 aromatic rings. The van der Waals surface area contributed by atoms with Crippen LogP contribution in [0.1, 0.15) is 66.2 Å². The number of hydrogen-bond acceptors (Lipinski definition) is 6. The predicted molar refractivity (Wildman–Crippen MR) is 133 cm³/mol. The van der Waals surface area contributed by atoms with Crippen molar-refractivity contribution in [2.75, 3.05) is 13.1 Å². The van der Waals surface area contributed by atoms with Crippen molar-refractivity contribution in [3.8, 4) is 0 Å². The minimum atomic E-state index is -1.12. The number of guanidine groups is 1. The molecule has 0 aliphatic carbocycles. The molecule has 0 aromatic carbocycles. The van der Waals surface area contributed by atoms with Crippen LogP contribution in [0.4, 0.5) is 0 Å². The number of carboxylic acid groups (broad SMARTS) is 1. The maximum atomic E-state index is 13.2. The number of nitrogens with one attached hydrogen (secondary N) is 2. The summed E-state index contributed by atoms with van der Waals surface area (Å²) in [4.78, 5) is 56.1. The number of carboxylic acids is 1. The SMILES string of the molecule is CCC(C)C(NC(=O)C(NC(=O)C1CCCN1C(=O)C(N)CCCN=C(N)N)C(C)CC)C(=O)O. The number of nitrogens with zero attached hydrogens (tertiary/aromatic N) is 2. The van der Waals surface area contributed by atoms with Gasteiger partial charge in [0.05, 0.1) is 6.04 Å². The third kappa shape index (κ3) is 9.00. The van der Waals surface area contributed by atoms with Crippen molar-refractivity contribution in [3.05, 3.63) is 0 Å². The van der Waals surface area contributed by atoms with E-state index in [2.05, 4.69) is 15.6 Å². The van der Waals surface area contributed by atoms with Crippen LogP contribution < -0.4 is 27.8 Å². The van der Waals surface area contributed by atoms with E-state index in [1.165, 1.54) is 4.90 Å². The summed E-state index contributed by atoms with van der Waals surface area (Å²) < 4.78 is 0. The number of amides is 3. The summed E-state index contributed by atoms with van der Waals surface area (Å²) in [7, 11) is 0. The zero-order chi connectivity index (χ0) is 26.7. The molecule has 0 saturated carbocycles. The fourth-order valence-corrected chi connectivity index (χ4v) is 4.04. The van der Waals surface area contributed by atoms with Gasteiger partial charge in [0, 0.05) is 13.1 Å². The standard InChI is InChI=1S/C23H43N7O5/c1-5-13(3)17(20(32)29-18(22(34)35)14(4)6-2)28-19(31)16-10-8-12-30(16)21(33)15(24)9-7-11-27-23(25)26/h13-18H,5-12,24H2,1-4H3,(H,28,31)(H,29,32)(H,34,35)(H4,25,26,27). The number of carbonyl (C=O) groups excluding carboxylic acids is 3. The fraction of sp³-hybridized carbons (Fsp3) is 0.783. The number of aliphatic imine (C=N–C) groups is 1. The number of likely N-dealkylation sites (tertiary alicyclic amines) is 1. The predicted octanol–water partition coefficient (Wildman–Crippen LogP) is -0.495. The minimum absolute atomic E-state index is 0.0279. The van der Waals surface area contributed by atoms with Gasteiger partial charge >= 0.3 is 5.97 Å². The second-order valence-corrected chi connectivity index (χ2v) is 9.33. The average molecular weight is 498 g/mol. The highest BCUT2D eigenvalue weighted by Crippen LogP contribution is 2.20. The zero-order valence-corrected chi connectivity index (χ0v) is 21.3. The molecule has 1 saturated heterocycles. The van der Waals surface area contributed by atoms with Gasteiger partial charge in [-0.1, -0.05) is 40.5 Å². The molecular weight excluding hydrogens is 454 g/mol. The van der Waals surface area contributed by atoms with E-state index in [4.69, 9.17) is 17.2 Å². The summed E-state index contributed by atoms with van der Waals surface area (Å²) in [6.45, 7) is 8.04. The second kappa shape index (κ2) is 14.5. The van der Waals surface area contributed by atoms with E-state index in [9.17, 15) is 24.3 Å². The molecule has 12 heteroatoms. The molecule has 6 atom stereocenters. The van der Waals surface area contributed by atoms with Crippen LogP contribution in [0.2, 0.25) is 0 Å². The van der Waals surface area contributed by atoms with Crippen LogP contribution in [0.5, 0.6) is 0 Å². The lowest BCUT2D eigenvalue weighted by atomic mass is 9.95. The summed E-state index contributed by atoms with van der Waals surface area (Å²) >= 11 is 0. The van der Waals surface area contributed by atoms with Crippen molar-refractivity contribution < 1.29 is 24.3 Å². The summed E-state index contributed by atoms with van der Waals surface area (Å²) in [6, 6.07) is -3.52. The summed E-state index contributed by atoms with van der Waals surface area (Å²) in [5.41, 5.74) is 16.7. The van der Waals surface area contributed by atoms with Crippen LogP contribution in [0.15, 0.2) is 4.99 Å². The highest BCUT2D eigenvalue weighted by Gasteiger charge is 2.39. The third-order valence-electron chi connectivity index (χ3n) is 6.69. The lowest BCUT2D eigenvalue weighted by molar-refractivity contribution is -0.144. The van der Waals surface area contributed by atoms with Gasteiger partial charge < -0.3 is 37.8 Å². The number of carbonyl (C=O) groups is 4. The Morgan fingerprint density at radius 1 is 1.06 bits per heavy atom. The molecular formula is C23H43N7O5. The monoisotopic (exact) mass is 497 g/mol. The molecule has 1 fully saturated rings. The largest absolute Gasteiger partial charge is 0.480 e. The van der Waals surface area contributed by atoms with Crippen LogP contribution in [0, 0.1) is 11.8 Å². The van der Waals surface area contributed by atoms with Crippen LogP contribution in [-0.2, 0) is 19.2 Å². The Kier molecular flexibility index (Phi) is 12.5. The van der Waals surface area contributed by atoms with E-state index in [0.29, 0.717) is 51.6 Å². The summed E-state index contributed by atoms with van der Waals surface area (Å²) in [6.07, 6.45) is 3.14. The van der Waals surface area contributed by atoms with Gasteiger partial charge in [-0.2, -0.15) is 0 Å². The van der Waals surface area contributed by atoms with Gasteiger partial charge in [0.25, 0.3) is 0 Å². The maximum absolute atomic E-state index is 13.2. The highest BCUT2D eigenvalue weighted by molar-refractivity contribution is 5.94. The molecule has 3 amide bonds. The zero-order valence-electron chi connectivity index (χ0n) is 21.3. The quantitative estimate of drug-likeness (QED) is 0.104. The van der Waals surface area contributed by atoms with Crippen LogP contribution in [0.3, 0.4) is 0 Å². The first-order valence-corrected chi connectivity index (χ1v) is 12.4. The molecule has 1 aliphatic rings. The Morgan fingerprint density at radius 3 is 2.20 bits per heavy atom. The lowest BCUT2D eigenvalue weighted by Crippen LogP contribution is -2.58. The van der Waals surface area contributed by atoms with Crippen LogP contribution in [0.25, 0.3) is 0 Å². The van der Waals surface area contributed by atoms with E-state index in [1.54, 1.807) is 6.92 Å². The molecule has 1 heterocycles. The summed E-state index contributed by atoms with van der Waals surface area (Å²) in [5, 5.41) is 14.9. The molecule has 0 spiro atoms. The first-order valence-electron chi connectivity index (χ1n) is 12.4. The number of hydrogen-bond donors (Lipinski definition) is 6. The van der Waals surface area contributed by atoms with Crippen molar-refractivity contribution in [1.29, 1.82) is 0 Å². The second-order valence-electron chi connectivity index (χ2n) is 9.33. The molecule has 200 valence electrons. The molecule has 6 unspecified atom stereocenters. The number of aliphatic carboxylic acids is 1. The molecule has 1 aliphatic heterocycles. The van der Waals surface area contributed by atoms with Gasteiger partial charge in [-0.05, 0) is 37.5 Å². The van der Waals surface area contributed by atoms with Crippen molar-refractivity contribution in [3.63, 3.8) is 0 Å². The first kappa shape index (κ1) is 30.1. The van der Waals surface area contributed by atoms with Crippen molar-refractivity contribution in [2.24, 2.45) is 34.0 Å². The minimum Gasteiger partial charge on any atom is -0.480 e. The molecule has 12 nitrogen and oxygen atoms in total. The third-order valence-corrected chi connectivity index (χ3v) is 6.69. The van der Waals surface area contributed by atoms with Gasteiger partial charge in [-0.15, -0.1) is 0 Å². The molecule has 35 heavy (non-hydrogen) atoms. The lowest BCUT2D eigenvalue weighted by Gasteiger charge is -2.31. The fourth-order valence-electron chi connectivity index (χ4n) is 4.04. The molecule has 9 N–H and O–H groups in total.